The molecule has 2 fully saturated rings. The van der Waals surface area contributed by atoms with Crippen molar-refractivity contribution in [3.05, 3.63) is 12.7 Å². The van der Waals surface area contributed by atoms with Crippen molar-refractivity contribution in [2.24, 2.45) is 11.3 Å². The van der Waals surface area contributed by atoms with Gasteiger partial charge >= 0.3 is 0 Å². The van der Waals surface area contributed by atoms with E-state index in [-0.39, 0.29) is 5.41 Å². The van der Waals surface area contributed by atoms with Crippen molar-refractivity contribution in [2.45, 2.75) is 25.7 Å². The molecule has 2 atom stereocenters. The van der Waals surface area contributed by atoms with Gasteiger partial charge in [0.25, 0.3) is 0 Å². The van der Waals surface area contributed by atoms with Crippen LogP contribution in [-0.4, -0.2) is 5.78 Å². The molecule has 2 rings (SSSR count). The van der Waals surface area contributed by atoms with Gasteiger partial charge in [0.05, 0.1) is 0 Å². The Kier molecular flexibility index (Phi) is 1.05. The largest absolute Gasteiger partial charge is 0.299 e. The fraction of sp³-hybridized carbons (Fsp3) is 0.667. The molecular weight excluding hydrogens is 124 g/mol. The number of carbonyl (C=O) groups is 1. The molecule has 0 aromatic carbocycles. The predicted molar refractivity (Wildman–Crippen MR) is 39.6 cm³/mol. The van der Waals surface area contributed by atoms with E-state index in [1.165, 1.54) is 12.8 Å². The normalized spacial score (nSPS) is 44.4. The van der Waals surface area contributed by atoms with Crippen LogP contribution in [0.4, 0.5) is 0 Å². The number of Topliss-reactive ketones (excluding diaryl/α,β-unsaturated/α-hetero) is 1. The Labute approximate surface area is 61.1 Å². The molecule has 0 saturated heterocycles. The Morgan fingerprint density at radius 3 is 2.90 bits per heavy atom. The number of hydrogen-bond acceptors (Lipinski definition) is 1. The van der Waals surface area contributed by atoms with Gasteiger partial charge in [-0.1, -0.05) is 12.5 Å². The topological polar surface area (TPSA) is 17.1 Å². The lowest BCUT2D eigenvalue weighted by atomic mass is 9.61. The Balaban J connectivity index is 2.30. The molecule has 10 heavy (non-hydrogen) atoms. The highest BCUT2D eigenvalue weighted by Gasteiger charge is 2.54. The second-order valence-corrected chi connectivity index (χ2v) is 3.46. The van der Waals surface area contributed by atoms with E-state index in [1.54, 1.807) is 0 Å². The standard InChI is InChI=1S/C9H12O/c1-2-9-5-3-4-7(9)6-8(9)10/h2,7H,1,3-6H2/t7-,9-/m0/s1. The molecule has 2 aliphatic carbocycles. The molecule has 0 amide bonds. The molecule has 0 bridgehead atoms. The molecule has 0 unspecified atom stereocenters. The monoisotopic (exact) mass is 136 g/mol. The molecule has 0 aliphatic heterocycles. The summed E-state index contributed by atoms with van der Waals surface area (Å²) in [6.45, 7) is 3.75. The summed E-state index contributed by atoms with van der Waals surface area (Å²) < 4.78 is 0. The average molecular weight is 136 g/mol. The van der Waals surface area contributed by atoms with Crippen LogP contribution < -0.4 is 0 Å². The van der Waals surface area contributed by atoms with E-state index in [0.717, 1.165) is 12.8 Å². The molecule has 1 nitrogen and oxygen atoms in total. The summed E-state index contributed by atoms with van der Waals surface area (Å²) in [6, 6.07) is 0. The zero-order chi connectivity index (χ0) is 7.19. The molecule has 0 N–H and O–H groups in total. The van der Waals surface area contributed by atoms with Gasteiger partial charge < -0.3 is 0 Å². The molecule has 0 radical (unpaired) electrons. The van der Waals surface area contributed by atoms with Crippen molar-refractivity contribution in [1.29, 1.82) is 0 Å². The summed E-state index contributed by atoms with van der Waals surface area (Å²) in [5, 5.41) is 0. The number of allylic oxidation sites excluding steroid dienone is 1. The lowest BCUT2D eigenvalue weighted by Gasteiger charge is -2.40. The summed E-state index contributed by atoms with van der Waals surface area (Å²) in [6.07, 6.45) is 6.25. The highest BCUT2D eigenvalue weighted by molar-refractivity contribution is 5.93. The molecule has 1 heteroatoms. The van der Waals surface area contributed by atoms with Gasteiger partial charge in [-0.3, -0.25) is 4.79 Å². The third kappa shape index (κ3) is 0.472. The van der Waals surface area contributed by atoms with E-state index in [1.807, 2.05) is 6.08 Å². The van der Waals surface area contributed by atoms with Crippen molar-refractivity contribution in [3.8, 4) is 0 Å². The first kappa shape index (κ1) is 6.14. The zero-order valence-corrected chi connectivity index (χ0v) is 6.10. The first-order valence-corrected chi connectivity index (χ1v) is 3.96. The average Bonchev–Trinajstić information content (AvgIpc) is 2.26. The maximum Gasteiger partial charge on any atom is 0.143 e. The summed E-state index contributed by atoms with van der Waals surface area (Å²) >= 11 is 0. The van der Waals surface area contributed by atoms with E-state index in [4.69, 9.17) is 0 Å². The third-order valence-corrected chi connectivity index (χ3v) is 3.19. The zero-order valence-electron chi connectivity index (χ0n) is 6.10. The minimum atomic E-state index is -0.0417. The summed E-state index contributed by atoms with van der Waals surface area (Å²) in [4.78, 5) is 11.2. The van der Waals surface area contributed by atoms with Crippen LogP contribution in [0.25, 0.3) is 0 Å². The van der Waals surface area contributed by atoms with Gasteiger partial charge in [-0.25, -0.2) is 0 Å². The molecule has 2 saturated carbocycles. The van der Waals surface area contributed by atoms with Gasteiger partial charge in [0.15, 0.2) is 0 Å². The lowest BCUT2D eigenvalue weighted by molar-refractivity contribution is -0.138. The highest BCUT2D eigenvalue weighted by Crippen LogP contribution is 2.55. The van der Waals surface area contributed by atoms with Gasteiger partial charge in [0, 0.05) is 11.8 Å². The predicted octanol–water partition coefficient (Wildman–Crippen LogP) is 1.93. The van der Waals surface area contributed by atoms with Crippen molar-refractivity contribution >= 4 is 5.78 Å². The third-order valence-electron chi connectivity index (χ3n) is 3.19. The lowest BCUT2D eigenvalue weighted by Crippen LogP contribution is -2.44. The van der Waals surface area contributed by atoms with Gasteiger partial charge in [0.1, 0.15) is 5.78 Å². The number of ketones is 1. The molecule has 0 spiro atoms. The maximum absolute atomic E-state index is 11.2. The number of fused-ring (bicyclic) bond motifs is 1. The second-order valence-electron chi connectivity index (χ2n) is 3.46. The first-order chi connectivity index (χ1) is 4.79. The highest BCUT2D eigenvalue weighted by atomic mass is 16.1. The Bertz CT molecular complexity index is 195. The van der Waals surface area contributed by atoms with Gasteiger partial charge in [-0.05, 0) is 18.8 Å². The van der Waals surface area contributed by atoms with Gasteiger partial charge in [-0.2, -0.15) is 0 Å². The van der Waals surface area contributed by atoms with Crippen LogP contribution in [0.5, 0.6) is 0 Å². The van der Waals surface area contributed by atoms with Crippen LogP contribution in [-0.2, 0) is 4.79 Å². The van der Waals surface area contributed by atoms with Crippen LogP contribution in [0.2, 0.25) is 0 Å². The SMILES string of the molecule is C=C[C@]12CCC[C@H]1CC2=O. The van der Waals surface area contributed by atoms with Crippen molar-refractivity contribution in [2.75, 3.05) is 0 Å². The van der Waals surface area contributed by atoms with E-state index in [2.05, 4.69) is 6.58 Å². The van der Waals surface area contributed by atoms with E-state index < -0.39 is 0 Å². The minimum absolute atomic E-state index is 0.0417. The Morgan fingerprint density at radius 1 is 1.70 bits per heavy atom. The Morgan fingerprint density at radius 2 is 2.50 bits per heavy atom. The quantitative estimate of drug-likeness (QED) is 0.503. The molecular formula is C9H12O. The van der Waals surface area contributed by atoms with Crippen LogP contribution in [0.1, 0.15) is 25.7 Å². The van der Waals surface area contributed by atoms with Crippen molar-refractivity contribution in [3.63, 3.8) is 0 Å². The fourth-order valence-corrected chi connectivity index (χ4v) is 2.42. The van der Waals surface area contributed by atoms with Crippen LogP contribution in [0.3, 0.4) is 0 Å². The van der Waals surface area contributed by atoms with Crippen LogP contribution >= 0.6 is 0 Å². The Hall–Kier alpha value is -0.590. The van der Waals surface area contributed by atoms with E-state index in [0.29, 0.717) is 11.7 Å². The van der Waals surface area contributed by atoms with Gasteiger partial charge in [0.2, 0.25) is 0 Å². The van der Waals surface area contributed by atoms with Crippen molar-refractivity contribution in [1.82, 2.24) is 0 Å². The molecule has 2 aliphatic rings. The summed E-state index contributed by atoms with van der Waals surface area (Å²) in [7, 11) is 0. The maximum atomic E-state index is 11.2. The number of hydrogen-bond donors (Lipinski definition) is 0. The summed E-state index contributed by atoms with van der Waals surface area (Å²) in [5.41, 5.74) is -0.0417. The molecule has 54 valence electrons. The van der Waals surface area contributed by atoms with Crippen molar-refractivity contribution < 1.29 is 4.79 Å². The smallest absolute Gasteiger partial charge is 0.143 e. The first-order valence-electron chi connectivity index (χ1n) is 3.96. The van der Waals surface area contributed by atoms with E-state index in [9.17, 15) is 4.79 Å². The fourth-order valence-electron chi connectivity index (χ4n) is 2.42. The summed E-state index contributed by atoms with van der Waals surface area (Å²) in [5.74, 6) is 1.10. The van der Waals surface area contributed by atoms with E-state index >= 15 is 0 Å². The van der Waals surface area contributed by atoms with Crippen LogP contribution in [0, 0.1) is 11.3 Å². The second kappa shape index (κ2) is 1.71. The van der Waals surface area contributed by atoms with Gasteiger partial charge in [-0.15, -0.1) is 6.58 Å². The van der Waals surface area contributed by atoms with Crippen LogP contribution in [0.15, 0.2) is 12.7 Å². The number of rotatable bonds is 1. The molecule has 0 aromatic rings. The molecule has 0 heterocycles. The minimum Gasteiger partial charge on any atom is -0.299 e. The molecule has 0 aromatic heterocycles. The number of carbonyl (C=O) groups excluding carboxylic acids is 1.